The standard InChI is InChI=1S/C15H24N2O/c1-11-8-9-17(10-15(11)18-3)14-6-4-13(5-7-14)12(2)16/h4-7,11-12,15H,8-10,16H2,1-3H3/t11?,12-,15?/m0/s1. The molecule has 3 heteroatoms. The molecule has 0 aliphatic carbocycles. The summed E-state index contributed by atoms with van der Waals surface area (Å²) in [7, 11) is 1.81. The molecular formula is C15H24N2O. The van der Waals surface area contributed by atoms with Crippen molar-refractivity contribution in [1.29, 1.82) is 0 Å². The van der Waals surface area contributed by atoms with Crippen molar-refractivity contribution in [1.82, 2.24) is 0 Å². The van der Waals surface area contributed by atoms with Crippen LogP contribution >= 0.6 is 0 Å². The van der Waals surface area contributed by atoms with Crippen LogP contribution in [0.2, 0.25) is 0 Å². The Labute approximate surface area is 110 Å². The van der Waals surface area contributed by atoms with Crippen LogP contribution in [0.3, 0.4) is 0 Å². The predicted octanol–water partition coefficient (Wildman–Crippen LogP) is 2.57. The zero-order valence-corrected chi connectivity index (χ0v) is 11.6. The third-order valence-electron chi connectivity index (χ3n) is 3.98. The summed E-state index contributed by atoms with van der Waals surface area (Å²) in [5.41, 5.74) is 8.33. The summed E-state index contributed by atoms with van der Waals surface area (Å²) in [6.45, 7) is 6.37. The molecule has 1 aliphatic heterocycles. The van der Waals surface area contributed by atoms with Crippen molar-refractivity contribution >= 4 is 5.69 Å². The maximum atomic E-state index is 5.87. The summed E-state index contributed by atoms with van der Waals surface area (Å²) in [6, 6.07) is 8.69. The second-order valence-electron chi connectivity index (χ2n) is 5.37. The fourth-order valence-electron chi connectivity index (χ4n) is 2.56. The van der Waals surface area contributed by atoms with Crippen molar-refractivity contribution in [3.8, 4) is 0 Å². The Morgan fingerprint density at radius 2 is 2.00 bits per heavy atom. The van der Waals surface area contributed by atoms with Gasteiger partial charge in [-0.2, -0.15) is 0 Å². The first kappa shape index (κ1) is 13.4. The van der Waals surface area contributed by atoms with Gasteiger partial charge in [0, 0.05) is 31.9 Å². The molecule has 1 saturated heterocycles. The molecule has 2 rings (SSSR count). The van der Waals surface area contributed by atoms with Gasteiger partial charge in [-0.3, -0.25) is 0 Å². The highest BCUT2D eigenvalue weighted by molar-refractivity contribution is 5.48. The largest absolute Gasteiger partial charge is 0.379 e. The highest BCUT2D eigenvalue weighted by Crippen LogP contribution is 2.25. The molecule has 0 aromatic heterocycles. The minimum Gasteiger partial charge on any atom is -0.379 e. The molecule has 0 spiro atoms. The summed E-state index contributed by atoms with van der Waals surface area (Å²) in [5, 5.41) is 0. The highest BCUT2D eigenvalue weighted by atomic mass is 16.5. The van der Waals surface area contributed by atoms with E-state index in [0.717, 1.165) is 13.1 Å². The van der Waals surface area contributed by atoms with Crippen LogP contribution in [0.25, 0.3) is 0 Å². The van der Waals surface area contributed by atoms with Gasteiger partial charge in [-0.15, -0.1) is 0 Å². The van der Waals surface area contributed by atoms with Gasteiger partial charge in [0.25, 0.3) is 0 Å². The van der Waals surface area contributed by atoms with Crippen LogP contribution in [0.4, 0.5) is 5.69 Å². The van der Waals surface area contributed by atoms with Gasteiger partial charge in [-0.05, 0) is 37.0 Å². The Morgan fingerprint density at radius 3 is 2.56 bits per heavy atom. The average Bonchev–Trinajstić information content (AvgIpc) is 2.39. The maximum absolute atomic E-state index is 5.87. The molecule has 0 radical (unpaired) electrons. The summed E-state index contributed by atoms with van der Waals surface area (Å²) in [4.78, 5) is 2.40. The number of methoxy groups -OCH3 is 1. The van der Waals surface area contributed by atoms with E-state index < -0.39 is 0 Å². The molecule has 1 aromatic rings. The number of ether oxygens (including phenoxy) is 1. The lowest BCUT2D eigenvalue weighted by Crippen LogP contribution is -2.43. The van der Waals surface area contributed by atoms with Gasteiger partial charge >= 0.3 is 0 Å². The molecule has 0 saturated carbocycles. The molecule has 2 unspecified atom stereocenters. The zero-order chi connectivity index (χ0) is 13.1. The van der Waals surface area contributed by atoms with Crippen molar-refractivity contribution in [2.24, 2.45) is 11.7 Å². The minimum absolute atomic E-state index is 0.104. The highest BCUT2D eigenvalue weighted by Gasteiger charge is 2.25. The fourth-order valence-corrected chi connectivity index (χ4v) is 2.56. The average molecular weight is 248 g/mol. The zero-order valence-electron chi connectivity index (χ0n) is 11.6. The Hall–Kier alpha value is -1.06. The Bertz CT molecular complexity index is 375. The maximum Gasteiger partial charge on any atom is 0.0772 e. The quantitative estimate of drug-likeness (QED) is 0.893. The van der Waals surface area contributed by atoms with E-state index in [1.165, 1.54) is 17.7 Å². The second kappa shape index (κ2) is 5.72. The van der Waals surface area contributed by atoms with Crippen molar-refractivity contribution in [3.63, 3.8) is 0 Å². The number of piperidine rings is 1. The summed E-state index contributed by atoms with van der Waals surface area (Å²) in [6.07, 6.45) is 1.53. The first-order valence-corrected chi connectivity index (χ1v) is 6.75. The van der Waals surface area contributed by atoms with Crippen LogP contribution in [0.15, 0.2) is 24.3 Å². The van der Waals surface area contributed by atoms with Crippen LogP contribution in [-0.4, -0.2) is 26.3 Å². The molecule has 3 atom stereocenters. The van der Waals surface area contributed by atoms with Crippen LogP contribution in [0, 0.1) is 5.92 Å². The normalized spacial score (nSPS) is 26.1. The minimum atomic E-state index is 0.104. The molecule has 18 heavy (non-hydrogen) atoms. The van der Waals surface area contributed by atoms with E-state index in [1.807, 2.05) is 14.0 Å². The number of nitrogens with zero attached hydrogens (tertiary/aromatic N) is 1. The Kier molecular flexibility index (Phi) is 4.25. The number of hydrogen-bond acceptors (Lipinski definition) is 3. The summed E-state index contributed by atoms with van der Waals surface area (Å²) in [5.74, 6) is 0.648. The molecule has 1 fully saturated rings. The van der Waals surface area contributed by atoms with E-state index in [9.17, 15) is 0 Å². The first-order valence-electron chi connectivity index (χ1n) is 6.75. The van der Waals surface area contributed by atoms with E-state index in [0.29, 0.717) is 12.0 Å². The Morgan fingerprint density at radius 1 is 1.33 bits per heavy atom. The number of benzene rings is 1. The van der Waals surface area contributed by atoms with E-state index >= 15 is 0 Å². The van der Waals surface area contributed by atoms with Gasteiger partial charge in [-0.25, -0.2) is 0 Å². The van der Waals surface area contributed by atoms with Crippen molar-refractivity contribution in [2.75, 3.05) is 25.1 Å². The second-order valence-corrected chi connectivity index (χ2v) is 5.37. The first-order chi connectivity index (χ1) is 8.61. The van der Waals surface area contributed by atoms with Crippen molar-refractivity contribution in [2.45, 2.75) is 32.4 Å². The smallest absolute Gasteiger partial charge is 0.0772 e. The summed E-state index contributed by atoms with van der Waals surface area (Å²) < 4.78 is 5.56. The van der Waals surface area contributed by atoms with Gasteiger partial charge in [-0.1, -0.05) is 19.1 Å². The van der Waals surface area contributed by atoms with Crippen LogP contribution in [0.1, 0.15) is 31.9 Å². The van der Waals surface area contributed by atoms with E-state index in [4.69, 9.17) is 10.5 Å². The number of anilines is 1. The number of hydrogen-bond donors (Lipinski definition) is 1. The molecule has 0 bridgehead atoms. The Balaban J connectivity index is 2.07. The lowest BCUT2D eigenvalue weighted by molar-refractivity contribution is 0.0498. The molecular weight excluding hydrogens is 224 g/mol. The van der Waals surface area contributed by atoms with Crippen molar-refractivity contribution < 1.29 is 4.74 Å². The van der Waals surface area contributed by atoms with Gasteiger partial charge < -0.3 is 15.4 Å². The van der Waals surface area contributed by atoms with Gasteiger partial charge in [0.05, 0.1) is 6.10 Å². The van der Waals surface area contributed by atoms with Gasteiger partial charge in [0.2, 0.25) is 0 Å². The molecule has 0 amide bonds. The third kappa shape index (κ3) is 2.85. The van der Waals surface area contributed by atoms with Gasteiger partial charge in [0.1, 0.15) is 0 Å². The van der Waals surface area contributed by atoms with Gasteiger partial charge in [0.15, 0.2) is 0 Å². The van der Waals surface area contributed by atoms with Crippen LogP contribution in [-0.2, 0) is 4.74 Å². The molecule has 1 aromatic carbocycles. The lowest BCUT2D eigenvalue weighted by atomic mass is 9.95. The summed E-state index contributed by atoms with van der Waals surface area (Å²) >= 11 is 0. The SMILES string of the molecule is COC1CN(c2ccc([C@H](C)N)cc2)CCC1C. The molecule has 100 valence electrons. The fraction of sp³-hybridized carbons (Fsp3) is 0.600. The monoisotopic (exact) mass is 248 g/mol. The topological polar surface area (TPSA) is 38.5 Å². The van der Waals surface area contributed by atoms with Crippen LogP contribution < -0.4 is 10.6 Å². The number of rotatable bonds is 3. The number of nitrogens with two attached hydrogens (primary N) is 1. The van der Waals surface area contributed by atoms with Crippen molar-refractivity contribution in [3.05, 3.63) is 29.8 Å². The third-order valence-corrected chi connectivity index (χ3v) is 3.98. The molecule has 2 N–H and O–H groups in total. The van der Waals surface area contributed by atoms with E-state index in [2.05, 4.69) is 36.1 Å². The van der Waals surface area contributed by atoms with E-state index in [-0.39, 0.29) is 6.04 Å². The van der Waals surface area contributed by atoms with Crippen LogP contribution in [0.5, 0.6) is 0 Å². The predicted molar refractivity (Wildman–Crippen MR) is 75.8 cm³/mol. The molecule has 3 nitrogen and oxygen atoms in total. The molecule has 1 heterocycles. The molecule has 1 aliphatic rings. The van der Waals surface area contributed by atoms with E-state index in [1.54, 1.807) is 0 Å². The lowest BCUT2D eigenvalue weighted by Gasteiger charge is -2.37.